The van der Waals surface area contributed by atoms with E-state index in [-0.39, 0.29) is 22.9 Å². The molecule has 2 aromatic rings. The first kappa shape index (κ1) is 12.0. The fraction of sp³-hybridized carbons (Fsp3) is 0.167. The number of phenols is 1. The van der Waals surface area contributed by atoms with Crippen LogP contribution < -0.4 is 11.1 Å². The number of benzene rings is 1. The van der Waals surface area contributed by atoms with Gasteiger partial charge in [-0.05, 0) is 12.1 Å². The van der Waals surface area contributed by atoms with Gasteiger partial charge in [0.1, 0.15) is 0 Å². The minimum absolute atomic E-state index is 0.181. The van der Waals surface area contributed by atoms with E-state index in [0.29, 0.717) is 13.1 Å². The van der Waals surface area contributed by atoms with Crippen LogP contribution in [0.5, 0.6) is 5.75 Å². The molecule has 0 aliphatic carbocycles. The van der Waals surface area contributed by atoms with Crippen molar-refractivity contribution in [2.45, 2.75) is 6.54 Å². The van der Waals surface area contributed by atoms with Crippen molar-refractivity contribution < 1.29 is 9.90 Å². The van der Waals surface area contributed by atoms with E-state index in [1.54, 1.807) is 18.6 Å². The average Bonchev–Trinajstić information content (AvgIpc) is 2.85. The Kier molecular flexibility index (Phi) is 3.47. The fourth-order valence-electron chi connectivity index (χ4n) is 1.56. The zero-order chi connectivity index (χ0) is 13.0. The first-order valence-corrected chi connectivity index (χ1v) is 5.50. The first-order valence-electron chi connectivity index (χ1n) is 5.50. The van der Waals surface area contributed by atoms with Crippen LogP contribution in [-0.4, -0.2) is 27.1 Å². The molecular formula is C12H14N4O2. The van der Waals surface area contributed by atoms with Crippen LogP contribution in [-0.2, 0) is 6.54 Å². The number of carbonyl (C=O) groups excluding carboxylic acids is 1. The second-order valence-electron chi connectivity index (χ2n) is 3.80. The van der Waals surface area contributed by atoms with Crippen LogP contribution >= 0.6 is 0 Å². The zero-order valence-electron chi connectivity index (χ0n) is 9.71. The topological polar surface area (TPSA) is 93.2 Å². The molecule has 0 saturated heterocycles. The molecule has 1 aromatic carbocycles. The van der Waals surface area contributed by atoms with Gasteiger partial charge in [0.05, 0.1) is 17.6 Å². The number of nitrogens with zero attached hydrogens (tertiary/aromatic N) is 2. The normalized spacial score (nSPS) is 10.2. The SMILES string of the molecule is Nc1cccc(C(=O)NCCn2ccnc2)c1O. The summed E-state index contributed by atoms with van der Waals surface area (Å²) in [5.41, 5.74) is 5.89. The summed E-state index contributed by atoms with van der Waals surface area (Å²) in [6, 6.07) is 4.69. The molecule has 2 rings (SSSR count). The maximum atomic E-state index is 11.8. The molecule has 1 aromatic heterocycles. The number of phenolic OH excluding ortho intramolecular Hbond substituents is 1. The van der Waals surface area contributed by atoms with Crippen molar-refractivity contribution in [1.29, 1.82) is 0 Å². The van der Waals surface area contributed by atoms with Crippen LogP contribution in [0.25, 0.3) is 0 Å². The summed E-state index contributed by atoms with van der Waals surface area (Å²) < 4.78 is 1.85. The molecule has 0 aliphatic heterocycles. The summed E-state index contributed by atoms with van der Waals surface area (Å²) in [7, 11) is 0. The van der Waals surface area contributed by atoms with Gasteiger partial charge in [-0.1, -0.05) is 6.07 Å². The standard InChI is InChI=1S/C12H14N4O2/c13-10-3-1-2-9(11(10)17)12(18)15-5-7-16-6-4-14-8-16/h1-4,6,8,17H,5,7,13H2,(H,15,18). The predicted octanol–water partition coefficient (Wildman–Crippen LogP) is 0.601. The molecule has 6 heteroatoms. The van der Waals surface area contributed by atoms with Gasteiger partial charge in [-0.25, -0.2) is 4.98 Å². The highest BCUT2D eigenvalue weighted by Gasteiger charge is 2.11. The first-order chi connectivity index (χ1) is 8.68. The van der Waals surface area contributed by atoms with Crippen LogP contribution in [0.3, 0.4) is 0 Å². The Morgan fingerprint density at radius 1 is 1.50 bits per heavy atom. The summed E-state index contributed by atoms with van der Waals surface area (Å²) >= 11 is 0. The number of carbonyl (C=O) groups is 1. The number of anilines is 1. The van der Waals surface area contributed by atoms with Gasteiger partial charge in [0.25, 0.3) is 5.91 Å². The Hall–Kier alpha value is -2.50. The largest absolute Gasteiger partial charge is 0.505 e. The van der Waals surface area contributed by atoms with Crippen LogP contribution in [0.1, 0.15) is 10.4 Å². The molecule has 94 valence electrons. The van der Waals surface area contributed by atoms with Crippen molar-refractivity contribution in [2.75, 3.05) is 12.3 Å². The van der Waals surface area contributed by atoms with Crippen molar-refractivity contribution in [2.24, 2.45) is 0 Å². The van der Waals surface area contributed by atoms with Crippen molar-refractivity contribution in [1.82, 2.24) is 14.9 Å². The minimum atomic E-state index is -0.347. The highest BCUT2D eigenvalue weighted by Crippen LogP contribution is 2.23. The molecule has 0 aliphatic rings. The molecule has 6 nitrogen and oxygen atoms in total. The molecule has 0 spiro atoms. The molecule has 18 heavy (non-hydrogen) atoms. The number of aromatic nitrogens is 2. The number of imidazole rings is 1. The van der Waals surface area contributed by atoms with E-state index in [9.17, 15) is 9.90 Å². The molecule has 0 bridgehead atoms. The zero-order valence-corrected chi connectivity index (χ0v) is 9.71. The number of aromatic hydroxyl groups is 1. The summed E-state index contributed by atoms with van der Waals surface area (Å²) in [6.07, 6.45) is 5.15. The van der Waals surface area contributed by atoms with Crippen molar-refractivity contribution >= 4 is 11.6 Å². The van der Waals surface area contributed by atoms with E-state index in [1.165, 1.54) is 12.1 Å². The van der Waals surface area contributed by atoms with Gasteiger partial charge in [0.2, 0.25) is 0 Å². The monoisotopic (exact) mass is 246 g/mol. The van der Waals surface area contributed by atoms with Gasteiger partial charge in [-0.2, -0.15) is 0 Å². The number of para-hydroxylation sites is 1. The van der Waals surface area contributed by atoms with Crippen LogP contribution in [0.4, 0.5) is 5.69 Å². The van der Waals surface area contributed by atoms with Gasteiger partial charge in [0.15, 0.2) is 5.75 Å². The van der Waals surface area contributed by atoms with Crippen molar-refractivity contribution in [3.63, 3.8) is 0 Å². The highest BCUT2D eigenvalue weighted by molar-refractivity contribution is 5.98. The van der Waals surface area contributed by atoms with E-state index in [0.717, 1.165) is 0 Å². The molecular weight excluding hydrogens is 232 g/mol. The number of nitrogen functional groups attached to an aromatic ring is 1. The van der Waals surface area contributed by atoms with E-state index in [4.69, 9.17) is 5.73 Å². The van der Waals surface area contributed by atoms with Gasteiger partial charge in [-0.3, -0.25) is 4.79 Å². The number of rotatable bonds is 4. The lowest BCUT2D eigenvalue weighted by Gasteiger charge is -2.08. The Bertz CT molecular complexity index is 537. The molecule has 0 unspecified atom stereocenters. The smallest absolute Gasteiger partial charge is 0.255 e. The Morgan fingerprint density at radius 3 is 3.06 bits per heavy atom. The number of nitrogens with two attached hydrogens (primary N) is 1. The quantitative estimate of drug-likeness (QED) is 0.544. The van der Waals surface area contributed by atoms with E-state index < -0.39 is 0 Å². The van der Waals surface area contributed by atoms with E-state index >= 15 is 0 Å². The van der Waals surface area contributed by atoms with Crippen LogP contribution in [0.2, 0.25) is 0 Å². The predicted molar refractivity (Wildman–Crippen MR) is 67.1 cm³/mol. The van der Waals surface area contributed by atoms with Gasteiger partial charge in [-0.15, -0.1) is 0 Å². The highest BCUT2D eigenvalue weighted by atomic mass is 16.3. The molecule has 1 amide bonds. The molecule has 0 saturated carbocycles. The van der Waals surface area contributed by atoms with Gasteiger partial charge < -0.3 is 20.7 Å². The van der Waals surface area contributed by atoms with Crippen molar-refractivity contribution in [3.8, 4) is 5.75 Å². The summed E-state index contributed by atoms with van der Waals surface area (Å²) in [4.78, 5) is 15.7. The number of hydrogen-bond donors (Lipinski definition) is 3. The lowest BCUT2D eigenvalue weighted by Crippen LogP contribution is -2.27. The van der Waals surface area contributed by atoms with Crippen molar-refractivity contribution in [3.05, 3.63) is 42.5 Å². The third-order valence-corrected chi connectivity index (χ3v) is 2.53. The van der Waals surface area contributed by atoms with Crippen LogP contribution in [0, 0.1) is 0 Å². The molecule has 4 N–H and O–H groups in total. The number of nitrogens with one attached hydrogen (secondary N) is 1. The second kappa shape index (κ2) is 5.22. The van der Waals surface area contributed by atoms with E-state index in [1.807, 2.05) is 10.8 Å². The molecule has 0 radical (unpaired) electrons. The fourth-order valence-corrected chi connectivity index (χ4v) is 1.56. The lowest BCUT2D eigenvalue weighted by atomic mass is 10.1. The lowest BCUT2D eigenvalue weighted by molar-refractivity contribution is 0.0949. The molecule has 0 atom stereocenters. The third kappa shape index (κ3) is 2.60. The van der Waals surface area contributed by atoms with Gasteiger partial charge >= 0.3 is 0 Å². The minimum Gasteiger partial charge on any atom is -0.505 e. The Labute approximate surface area is 104 Å². The third-order valence-electron chi connectivity index (χ3n) is 2.53. The summed E-state index contributed by atoms with van der Waals surface area (Å²) in [5.74, 6) is -0.530. The maximum absolute atomic E-state index is 11.8. The number of hydrogen-bond acceptors (Lipinski definition) is 4. The Morgan fingerprint density at radius 2 is 2.33 bits per heavy atom. The van der Waals surface area contributed by atoms with Crippen LogP contribution in [0.15, 0.2) is 36.9 Å². The summed E-state index contributed by atoms with van der Waals surface area (Å²) in [6.45, 7) is 1.07. The maximum Gasteiger partial charge on any atom is 0.255 e. The van der Waals surface area contributed by atoms with Gasteiger partial charge in [0, 0.05) is 25.5 Å². The Balaban J connectivity index is 1.93. The second-order valence-corrected chi connectivity index (χ2v) is 3.80. The molecule has 1 heterocycles. The average molecular weight is 246 g/mol. The number of amides is 1. The summed E-state index contributed by atoms with van der Waals surface area (Å²) in [5, 5.41) is 12.4. The molecule has 0 fully saturated rings. The van der Waals surface area contributed by atoms with E-state index in [2.05, 4.69) is 10.3 Å².